The van der Waals surface area contributed by atoms with E-state index in [9.17, 15) is 0 Å². The minimum atomic E-state index is 0.756. The number of nitrogens with two attached hydrogens (primary N) is 1. The Morgan fingerprint density at radius 3 is 2.65 bits per heavy atom. The lowest BCUT2D eigenvalue weighted by Gasteiger charge is -2.05. The Hall–Kier alpha value is -1.61. The summed E-state index contributed by atoms with van der Waals surface area (Å²) in [6.07, 6.45) is 4.10. The molecule has 0 atom stereocenters. The lowest BCUT2D eigenvalue weighted by atomic mass is 10.1. The number of hydrogen-bond acceptors (Lipinski definition) is 2. The molecule has 0 aliphatic carbocycles. The van der Waals surface area contributed by atoms with Crippen LogP contribution in [0.1, 0.15) is 18.5 Å². The fraction of sp³-hybridized carbons (Fsp3) is 0.357. The molecule has 0 saturated heterocycles. The van der Waals surface area contributed by atoms with E-state index in [2.05, 4.69) is 41.0 Å². The lowest BCUT2D eigenvalue weighted by molar-refractivity contribution is 0.550. The molecular formula is C14H19N3. The van der Waals surface area contributed by atoms with Gasteiger partial charge in [-0.15, -0.1) is 0 Å². The zero-order chi connectivity index (χ0) is 12.1. The average Bonchev–Trinajstić information content (AvgIpc) is 2.73. The fourth-order valence-corrected chi connectivity index (χ4v) is 1.98. The van der Waals surface area contributed by atoms with Crippen LogP contribution in [-0.4, -0.2) is 16.3 Å². The van der Waals surface area contributed by atoms with Crippen molar-refractivity contribution in [3.63, 3.8) is 0 Å². The molecule has 0 bridgehead atoms. The van der Waals surface area contributed by atoms with E-state index in [1.807, 2.05) is 12.3 Å². The average molecular weight is 229 g/mol. The van der Waals surface area contributed by atoms with Crippen LogP contribution in [0.5, 0.6) is 0 Å². The Morgan fingerprint density at radius 2 is 1.94 bits per heavy atom. The largest absolute Gasteiger partial charge is 0.330 e. The van der Waals surface area contributed by atoms with Crippen molar-refractivity contribution >= 4 is 0 Å². The molecule has 3 heteroatoms. The zero-order valence-electron chi connectivity index (χ0n) is 10.3. The Morgan fingerprint density at radius 1 is 1.18 bits per heavy atom. The second kappa shape index (κ2) is 5.64. The number of aryl methyl sites for hydroxylation is 1. The van der Waals surface area contributed by atoms with Gasteiger partial charge in [0.05, 0.1) is 6.20 Å². The van der Waals surface area contributed by atoms with Crippen LogP contribution in [0.3, 0.4) is 0 Å². The third-order valence-electron chi connectivity index (χ3n) is 3.01. The van der Waals surface area contributed by atoms with Gasteiger partial charge in [0.2, 0.25) is 0 Å². The predicted molar refractivity (Wildman–Crippen MR) is 70.7 cm³/mol. The summed E-state index contributed by atoms with van der Waals surface area (Å²) in [5, 5.41) is 4.44. The summed E-state index contributed by atoms with van der Waals surface area (Å²) >= 11 is 0. The molecule has 3 nitrogen and oxygen atoms in total. The van der Waals surface area contributed by atoms with Crippen molar-refractivity contribution < 1.29 is 0 Å². The van der Waals surface area contributed by atoms with Crippen molar-refractivity contribution in [3.8, 4) is 11.1 Å². The van der Waals surface area contributed by atoms with Crippen LogP contribution in [0, 0.1) is 6.92 Å². The van der Waals surface area contributed by atoms with Crippen LogP contribution in [0.25, 0.3) is 11.1 Å². The molecule has 0 aliphatic heterocycles. The Labute approximate surface area is 102 Å². The van der Waals surface area contributed by atoms with Crippen LogP contribution in [0.15, 0.2) is 36.5 Å². The second-order valence-electron chi connectivity index (χ2n) is 4.23. The van der Waals surface area contributed by atoms with Gasteiger partial charge in [-0.05, 0) is 31.9 Å². The monoisotopic (exact) mass is 229 g/mol. The molecule has 0 unspecified atom stereocenters. The number of rotatable bonds is 5. The van der Waals surface area contributed by atoms with Gasteiger partial charge < -0.3 is 5.73 Å². The molecular weight excluding hydrogens is 210 g/mol. The second-order valence-corrected chi connectivity index (χ2v) is 4.23. The number of hydrogen-bond donors (Lipinski definition) is 1. The first-order valence-electron chi connectivity index (χ1n) is 6.11. The molecule has 2 rings (SSSR count). The van der Waals surface area contributed by atoms with Gasteiger partial charge in [-0.1, -0.05) is 30.3 Å². The molecule has 17 heavy (non-hydrogen) atoms. The summed E-state index contributed by atoms with van der Waals surface area (Å²) in [4.78, 5) is 0. The molecule has 1 aromatic heterocycles. The topological polar surface area (TPSA) is 43.8 Å². The van der Waals surface area contributed by atoms with Crippen LogP contribution in [0.4, 0.5) is 0 Å². The zero-order valence-corrected chi connectivity index (χ0v) is 10.3. The van der Waals surface area contributed by atoms with Crippen molar-refractivity contribution in [2.45, 2.75) is 26.3 Å². The van der Waals surface area contributed by atoms with Gasteiger partial charge in [0, 0.05) is 17.8 Å². The molecule has 0 saturated carbocycles. The molecule has 2 N–H and O–H groups in total. The molecule has 0 aliphatic rings. The first-order chi connectivity index (χ1) is 8.33. The predicted octanol–water partition coefficient (Wildman–Crippen LogP) is 2.60. The van der Waals surface area contributed by atoms with Crippen molar-refractivity contribution in [3.05, 3.63) is 42.2 Å². The van der Waals surface area contributed by atoms with E-state index in [4.69, 9.17) is 5.73 Å². The summed E-state index contributed by atoms with van der Waals surface area (Å²) in [6.45, 7) is 3.83. The fourth-order valence-electron chi connectivity index (χ4n) is 1.98. The quantitative estimate of drug-likeness (QED) is 0.801. The molecule has 0 fully saturated rings. The summed E-state index contributed by atoms with van der Waals surface area (Å²) in [5.74, 6) is 0. The third-order valence-corrected chi connectivity index (χ3v) is 3.01. The Balaban J connectivity index is 2.15. The normalized spacial score (nSPS) is 10.7. The highest BCUT2D eigenvalue weighted by Crippen LogP contribution is 2.22. The minimum Gasteiger partial charge on any atom is -0.330 e. The minimum absolute atomic E-state index is 0.756. The van der Waals surface area contributed by atoms with E-state index in [-0.39, 0.29) is 0 Å². The number of aromatic nitrogens is 2. The molecule has 2 aromatic rings. The summed E-state index contributed by atoms with van der Waals surface area (Å²) in [6, 6.07) is 10.4. The van der Waals surface area contributed by atoms with Crippen molar-refractivity contribution in [2.24, 2.45) is 5.73 Å². The van der Waals surface area contributed by atoms with Gasteiger partial charge in [0.15, 0.2) is 0 Å². The van der Waals surface area contributed by atoms with Crippen molar-refractivity contribution in [1.82, 2.24) is 9.78 Å². The van der Waals surface area contributed by atoms with Gasteiger partial charge in [-0.25, -0.2) is 0 Å². The highest BCUT2D eigenvalue weighted by molar-refractivity contribution is 5.64. The molecule has 0 spiro atoms. The van der Waals surface area contributed by atoms with Crippen molar-refractivity contribution in [1.29, 1.82) is 0 Å². The molecule has 1 aromatic carbocycles. The van der Waals surface area contributed by atoms with Gasteiger partial charge in [-0.3, -0.25) is 4.68 Å². The van der Waals surface area contributed by atoms with E-state index < -0.39 is 0 Å². The summed E-state index contributed by atoms with van der Waals surface area (Å²) in [5.41, 5.74) is 9.18. The van der Waals surface area contributed by atoms with Crippen LogP contribution in [-0.2, 0) is 6.54 Å². The summed E-state index contributed by atoms with van der Waals surface area (Å²) in [7, 11) is 0. The van der Waals surface area contributed by atoms with Crippen LogP contribution in [0.2, 0.25) is 0 Å². The van der Waals surface area contributed by atoms with E-state index in [0.717, 1.165) is 25.9 Å². The van der Waals surface area contributed by atoms with Gasteiger partial charge in [-0.2, -0.15) is 5.10 Å². The summed E-state index contributed by atoms with van der Waals surface area (Å²) < 4.78 is 2.07. The van der Waals surface area contributed by atoms with Crippen LogP contribution < -0.4 is 5.73 Å². The van der Waals surface area contributed by atoms with Gasteiger partial charge in [0.1, 0.15) is 0 Å². The SMILES string of the molecule is Cc1c(-c2ccccc2)cnn1CCCCN. The van der Waals surface area contributed by atoms with E-state index in [1.165, 1.54) is 16.8 Å². The first-order valence-corrected chi connectivity index (χ1v) is 6.11. The van der Waals surface area contributed by atoms with E-state index in [1.54, 1.807) is 0 Å². The molecule has 90 valence electrons. The third kappa shape index (κ3) is 2.74. The van der Waals surface area contributed by atoms with Gasteiger partial charge >= 0.3 is 0 Å². The maximum absolute atomic E-state index is 5.50. The number of nitrogens with zero attached hydrogens (tertiary/aromatic N) is 2. The maximum Gasteiger partial charge on any atom is 0.0571 e. The smallest absolute Gasteiger partial charge is 0.0571 e. The first kappa shape index (κ1) is 11.9. The molecule has 0 amide bonds. The number of unbranched alkanes of at least 4 members (excludes halogenated alkanes) is 1. The standard InChI is InChI=1S/C14H19N3/c1-12-14(13-7-3-2-4-8-13)11-16-17(12)10-6-5-9-15/h2-4,7-8,11H,5-6,9-10,15H2,1H3. The van der Waals surface area contributed by atoms with Crippen LogP contribution >= 0.6 is 0 Å². The number of benzene rings is 1. The highest BCUT2D eigenvalue weighted by atomic mass is 15.3. The Kier molecular flexibility index (Phi) is 3.94. The van der Waals surface area contributed by atoms with E-state index in [0.29, 0.717) is 0 Å². The molecule has 1 heterocycles. The van der Waals surface area contributed by atoms with Gasteiger partial charge in [0.25, 0.3) is 0 Å². The Bertz CT molecular complexity index is 460. The van der Waals surface area contributed by atoms with Crippen molar-refractivity contribution in [2.75, 3.05) is 6.54 Å². The maximum atomic E-state index is 5.50. The highest BCUT2D eigenvalue weighted by Gasteiger charge is 2.07. The van der Waals surface area contributed by atoms with E-state index >= 15 is 0 Å². The lowest BCUT2D eigenvalue weighted by Crippen LogP contribution is -2.05. The molecule has 0 radical (unpaired) electrons.